The van der Waals surface area contributed by atoms with Gasteiger partial charge in [-0.25, -0.2) is 4.98 Å². The zero-order valence-corrected chi connectivity index (χ0v) is 15.0. The molecule has 0 spiro atoms. The Hall–Kier alpha value is -3.09. The molecule has 1 N–H and O–H groups in total. The highest BCUT2D eigenvalue weighted by atomic mass is 16.5. The number of aryl methyl sites for hydroxylation is 2. The Balaban J connectivity index is 1.81. The van der Waals surface area contributed by atoms with Gasteiger partial charge in [0.1, 0.15) is 18.1 Å². The highest BCUT2D eigenvalue weighted by Gasteiger charge is 2.11. The van der Waals surface area contributed by atoms with Crippen molar-refractivity contribution in [2.75, 3.05) is 5.32 Å². The number of benzene rings is 1. The molecule has 0 atom stereocenters. The number of carbonyl (C=O) groups excluding carboxylic acids is 1. The maximum absolute atomic E-state index is 12.1. The summed E-state index contributed by atoms with van der Waals surface area (Å²) in [6, 6.07) is 8.61. The first-order valence-corrected chi connectivity index (χ1v) is 8.49. The second-order valence-electron chi connectivity index (χ2n) is 6.17. The molecule has 0 bridgehead atoms. The smallest absolute Gasteiger partial charge is 0.287 e. The summed E-state index contributed by atoms with van der Waals surface area (Å²) in [5.41, 5.74) is 2.24. The van der Waals surface area contributed by atoms with Gasteiger partial charge in [-0.2, -0.15) is 0 Å². The predicted molar refractivity (Wildman–Crippen MR) is 97.5 cm³/mol. The van der Waals surface area contributed by atoms with E-state index in [0.717, 1.165) is 16.6 Å². The van der Waals surface area contributed by atoms with Crippen LogP contribution in [0.4, 0.5) is 5.69 Å². The highest BCUT2D eigenvalue weighted by Crippen LogP contribution is 2.26. The van der Waals surface area contributed by atoms with Gasteiger partial charge in [0, 0.05) is 18.6 Å². The Morgan fingerprint density at radius 3 is 2.85 bits per heavy atom. The molecular formula is C19H21N3O4. The molecule has 0 radical (unpaired) electrons. The van der Waals surface area contributed by atoms with Gasteiger partial charge in [-0.3, -0.25) is 9.59 Å². The van der Waals surface area contributed by atoms with Crippen LogP contribution in [0.15, 0.2) is 39.6 Å². The molecule has 0 aliphatic carbocycles. The Labute approximate surface area is 150 Å². The Bertz CT molecular complexity index is 1000. The van der Waals surface area contributed by atoms with Crippen molar-refractivity contribution in [2.24, 2.45) is 0 Å². The summed E-state index contributed by atoms with van der Waals surface area (Å²) in [5, 5.41) is 2.87. The number of hydrogen-bond donors (Lipinski definition) is 1. The van der Waals surface area contributed by atoms with Crippen molar-refractivity contribution in [3.05, 3.63) is 57.7 Å². The van der Waals surface area contributed by atoms with E-state index in [-0.39, 0.29) is 18.1 Å². The van der Waals surface area contributed by atoms with Crippen molar-refractivity contribution in [3.8, 4) is 5.75 Å². The second-order valence-corrected chi connectivity index (χ2v) is 6.17. The van der Waals surface area contributed by atoms with Crippen LogP contribution in [0.2, 0.25) is 0 Å². The molecular weight excluding hydrogens is 334 g/mol. The number of hydrogen-bond acceptors (Lipinski definition) is 5. The summed E-state index contributed by atoms with van der Waals surface area (Å²) < 4.78 is 12.2. The molecule has 7 nitrogen and oxygen atoms in total. The van der Waals surface area contributed by atoms with Crippen molar-refractivity contribution >= 4 is 17.2 Å². The van der Waals surface area contributed by atoms with E-state index in [2.05, 4.69) is 10.3 Å². The van der Waals surface area contributed by atoms with Gasteiger partial charge in [0.25, 0.3) is 5.56 Å². The van der Waals surface area contributed by atoms with Crippen LogP contribution in [0.5, 0.6) is 5.75 Å². The molecule has 0 saturated heterocycles. The number of rotatable bonds is 6. The Kier molecular flexibility index (Phi) is 5.06. The van der Waals surface area contributed by atoms with E-state index in [4.69, 9.17) is 9.26 Å². The fourth-order valence-electron chi connectivity index (χ4n) is 2.61. The molecule has 3 aromatic rings. The summed E-state index contributed by atoms with van der Waals surface area (Å²) in [4.78, 5) is 28.3. The van der Waals surface area contributed by atoms with Gasteiger partial charge in [0.05, 0.1) is 11.4 Å². The lowest BCUT2D eigenvalue weighted by molar-refractivity contribution is -0.116. The topological polar surface area (TPSA) is 85.8 Å². The molecule has 26 heavy (non-hydrogen) atoms. The van der Waals surface area contributed by atoms with Gasteiger partial charge >= 0.3 is 0 Å². The van der Waals surface area contributed by atoms with Crippen molar-refractivity contribution in [1.82, 2.24) is 9.56 Å². The van der Waals surface area contributed by atoms with E-state index >= 15 is 0 Å². The number of ether oxygens (including phenoxy) is 1. The minimum absolute atomic E-state index is 0.0605. The summed E-state index contributed by atoms with van der Waals surface area (Å²) in [7, 11) is 0. The Morgan fingerprint density at radius 2 is 2.08 bits per heavy atom. The number of amides is 1. The predicted octanol–water partition coefficient (Wildman–Crippen LogP) is 3.22. The standard InChI is InChI=1S/C19H21N3O4/c1-4-5-18(23)21-15-8-12(2)6-7-16(15)25-11-14-10-19(24)22-17(20-14)9-13(3)26-22/h6-10H,4-5,11H2,1-3H3,(H,21,23). The minimum Gasteiger partial charge on any atom is -0.485 e. The first-order chi connectivity index (χ1) is 12.5. The number of anilines is 1. The fraction of sp³-hybridized carbons (Fsp3) is 0.316. The molecule has 136 valence electrons. The normalized spacial score (nSPS) is 10.9. The number of nitrogens with zero attached hydrogens (tertiary/aromatic N) is 2. The van der Waals surface area contributed by atoms with Crippen molar-refractivity contribution < 1.29 is 14.1 Å². The first-order valence-electron chi connectivity index (χ1n) is 8.49. The molecule has 0 unspecified atom stereocenters. The lowest BCUT2D eigenvalue weighted by Gasteiger charge is -2.13. The number of aromatic nitrogens is 2. The molecule has 0 aliphatic heterocycles. The number of fused-ring (bicyclic) bond motifs is 1. The van der Waals surface area contributed by atoms with Gasteiger partial charge in [0.15, 0.2) is 5.65 Å². The number of nitrogens with one attached hydrogen (secondary N) is 1. The molecule has 3 rings (SSSR count). The quantitative estimate of drug-likeness (QED) is 0.734. The molecule has 0 saturated carbocycles. The third-order valence-electron chi connectivity index (χ3n) is 3.79. The summed E-state index contributed by atoms with van der Waals surface area (Å²) in [6.07, 6.45) is 1.22. The maximum Gasteiger partial charge on any atom is 0.287 e. The van der Waals surface area contributed by atoms with E-state index in [1.54, 1.807) is 19.1 Å². The Morgan fingerprint density at radius 1 is 1.27 bits per heavy atom. The highest BCUT2D eigenvalue weighted by molar-refractivity contribution is 5.92. The molecule has 2 aromatic heterocycles. The monoisotopic (exact) mass is 355 g/mol. The zero-order valence-electron chi connectivity index (χ0n) is 15.0. The van der Waals surface area contributed by atoms with Crippen LogP contribution in [0.3, 0.4) is 0 Å². The average Bonchev–Trinajstić information content (AvgIpc) is 2.95. The van der Waals surface area contributed by atoms with Gasteiger partial charge in [0.2, 0.25) is 5.91 Å². The van der Waals surface area contributed by atoms with E-state index < -0.39 is 0 Å². The van der Waals surface area contributed by atoms with E-state index in [1.165, 1.54) is 6.07 Å². The molecule has 1 amide bonds. The molecule has 7 heteroatoms. The van der Waals surface area contributed by atoms with Crippen LogP contribution in [-0.2, 0) is 11.4 Å². The van der Waals surface area contributed by atoms with Crippen LogP contribution in [0.25, 0.3) is 5.65 Å². The SMILES string of the molecule is CCCC(=O)Nc1cc(C)ccc1OCc1cc(=O)n2oc(C)cc2n1. The lowest BCUT2D eigenvalue weighted by Crippen LogP contribution is -2.15. The van der Waals surface area contributed by atoms with Crippen molar-refractivity contribution in [3.63, 3.8) is 0 Å². The average molecular weight is 355 g/mol. The van der Waals surface area contributed by atoms with Gasteiger partial charge in [-0.1, -0.05) is 13.0 Å². The zero-order chi connectivity index (χ0) is 18.7. The largest absolute Gasteiger partial charge is 0.485 e. The maximum atomic E-state index is 12.1. The van der Waals surface area contributed by atoms with Crippen LogP contribution in [-0.4, -0.2) is 15.5 Å². The second kappa shape index (κ2) is 7.43. The molecule has 0 fully saturated rings. The lowest BCUT2D eigenvalue weighted by atomic mass is 10.2. The number of carbonyl (C=O) groups is 1. The van der Waals surface area contributed by atoms with Gasteiger partial charge < -0.3 is 14.6 Å². The molecule has 2 heterocycles. The first kappa shape index (κ1) is 17.7. The van der Waals surface area contributed by atoms with Crippen LogP contribution < -0.4 is 15.6 Å². The summed E-state index contributed by atoms with van der Waals surface area (Å²) in [6.45, 7) is 5.75. The van der Waals surface area contributed by atoms with Gasteiger partial charge in [-0.15, -0.1) is 4.57 Å². The van der Waals surface area contributed by atoms with Gasteiger partial charge in [-0.05, 0) is 38.0 Å². The van der Waals surface area contributed by atoms with Crippen molar-refractivity contribution in [1.29, 1.82) is 0 Å². The summed E-state index contributed by atoms with van der Waals surface area (Å²) in [5.74, 6) is 1.08. The van der Waals surface area contributed by atoms with E-state index in [0.29, 0.717) is 35.0 Å². The van der Waals surface area contributed by atoms with Crippen LogP contribution in [0.1, 0.15) is 36.8 Å². The third-order valence-corrected chi connectivity index (χ3v) is 3.79. The molecule has 1 aromatic carbocycles. The van der Waals surface area contributed by atoms with Crippen LogP contribution in [0, 0.1) is 13.8 Å². The van der Waals surface area contributed by atoms with E-state index in [1.807, 2.05) is 26.0 Å². The third kappa shape index (κ3) is 3.93. The fourth-order valence-corrected chi connectivity index (χ4v) is 2.61. The van der Waals surface area contributed by atoms with Crippen molar-refractivity contribution in [2.45, 2.75) is 40.2 Å². The minimum atomic E-state index is -0.304. The molecule has 0 aliphatic rings. The van der Waals surface area contributed by atoms with Crippen LogP contribution >= 0.6 is 0 Å². The van der Waals surface area contributed by atoms with E-state index in [9.17, 15) is 9.59 Å². The summed E-state index contributed by atoms with van der Waals surface area (Å²) >= 11 is 0.